The lowest BCUT2D eigenvalue weighted by atomic mass is 10.1. The molecule has 2 aromatic carbocycles. The average Bonchev–Trinajstić information content (AvgIpc) is 2.68. The number of nitro benzene ring substituents is 1. The van der Waals surface area contributed by atoms with Crippen LogP contribution in [0.5, 0.6) is 0 Å². The number of non-ortho nitro benzene ring substituents is 1. The van der Waals surface area contributed by atoms with Gasteiger partial charge in [0.05, 0.1) is 21.1 Å². The van der Waals surface area contributed by atoms with E-state index in [-0.39, 0.29) is 22.2 Å². The molecule has 0 saturated heterocycles. The summed E-state index contributed by atoms with van der Waals surface area (Å²) in [7, 11) is -3.52. The molecule has 0 amide bonds. The van der Waals surface area contributed by atoms with Gasteiger partial charge in [-0.25, -0.2) is 8.42 Å². The van der Waals surface area contributed by atoms with E-state index in [4.69, 9.17) is 0 Å². The molecule has 0 aliphatic heterocycles. The highest BCUT2D eigenvalue weighted by Crippen LogP contribution is 2.26. The second-order valence-electron chi connectivity index (χ2n) is 6.12. The van der Waals surface area contributed by atoms with Crippen LogP contribution in [-0.4, -0.2) is 30.7 Å². The first-order chi connectivity index (χ1) is 13.2. The Morgan fingerprint density at radius 1 is 1.18 bits per heavy atom. The van der Waals surface area contributed by atoms with Crippen molar-refractivity contribution in [2.24, 2.45) is 0 Å². The highest BCUT2D eigenvalue weighted by atomic mass is 32.2. The SMILES string of the molecule is CCN(CC)S(=O)(=O)c1ccc(C(C)Nc2ccc([N+](=O)[O-])cc2C#N)cc1. The molecule has 0 aromatic heterocycles. The Bertz CT molecular complexity index is 994. The molecule has 0 fully saturated rings. The smallest absolute Gasteiger partial charge is 0.270 e. The van der Waals surface area contributed by atoms with Crippen LogP contribution in [0.15, 0.2) is 47.4 Å². The predicted molar refractivity (Wildman–Crippen MR) is 106 cm³/mol. The second kappa shape index (κ2) is 8.82. The van der Waals surface area contributed by atoms with E-state index in [1.165, 1.54) is 22.5 Å². The lowest BCUT2D eigenvalue weighted by Gasteiger charge is -2.20. The van der Waals surface area contributed by atoms with Crippen LogP contribution in [0, 0.1) is 21.4 Å². The summed E-state index contributed by atoms with van der Waals surface area (Å²) in [4.78, 5) is 10.5. The third-order valence-corrected chi connectivity index (χ3v) is 6.49. The van der Waals surface area contributed by atoms with E-state index in [1.807, 2.05) is 13.0 Å². The molecular formula is C19H22N4O4S. The number of anilines is 1. The van der Waals surface area contributed by atoms with Crippen LogP contribution in [0.25, 0.3) is 0 Å². The Kier molecular flexibility index (Phi) is 6.72. The summed E-state index contributed by atoms with van der Waals surface area (Å²) in [5.41, 5.74) is 1.31. The zero-order valence-electron chi connectivity index (χ0n) is 15.9. The topological polar surface area (TPSA) is 116 Å². The molecule has 0 radical (unpaired) electrons. The van der Waals surface area contributed by atoms with E-state index in [9.17, 15) is 23.8 Å². The molecule has 1 atom stereocenters. The molecule has 0 saturated carbocycles. The maximum absolute atomic E-state index is 12.6. The zero-order chi connectivity index (χ0) is 20.9. The van der Waals surface area contributed by atoms with Crippen LogP contribution >= 0.6 is 0 Å². The van der Waals surface area contributed by atoms with Gasteiger partial charge in [-0.3, -0.25) is 10.1 Å². The van der Waals surface area contributed by atoms with E-state index < -0.39 is 14.9 Å². The third kappa shape index (κ3) is 4.47. The Labute approximate surface area is 164 Å². The van der Waals surface area contributed by atoms with Gasteiger partial charge in [-0.2, -0.15) is 9.57 Å². The van der Waals surface area contributed by atoms with E-state index in [0.717, 1.165) is 5.56 Å². The molecule has 0 aliphatic carbocycles. The number of nitrogens with zero attached hydrogens (tertiary/aromatic N) is 3. The number of hydrogen-bond donors (Lipinski definition) is 1. The van der Waals surface area contributed by atoms with Crippen molar-refractivity contribution in [1.29, 1.82) is 5.26 Å². The van der Waals surface area contributed by atoms with E-state index in [0.29, 0.717) is 18.8 Å². The molecule has 2 rings (SSSR count). The summed E-state index contributed by atoms with van der Waals surface area (Å²) in [6.07, 6.45) is 0. The minimum atomic E-state index is -3.52. The Balaban J connectivity index is 2.24. The maximum atomic E-state index is 12.6. The number of sulfonamides is 1. The van der Waals surface area contributed by atoms with Gasteiger partial charge in [-0.15, -0.1) is 0 Å². The van der Waals surface area contributed by atoms with Crippen molar-refractivity contribution in [2.45, 2.75) is 31.7 Å². The third-order valence-electron chi connectivity index (χ3n) is 4.43. The van der Waals surface area contributed by atoms with Crippen molar-refractivity contribution < 1.29 is 13.3 Å². The normalized spacial score (nSPS) is 12.4. The van der Waals surface area contributed by atoms with Gasteiger partial charge in [0.1, 0.15) is 6.07 Å². The number of benzene rings is 2. The molecule has 0 spiro atoms. The highest BCUT2D eigenvalue weighted by molar-refractivity contribution is 7.89. The van der Waals surface area contributed by atoms with Crippen LogP contribution in [0.2, 0.25) is 0 Å². The summed E-state index contributed by atoms with van der Waals surface area (Å²) >= 11 is 0. The van der Waals surface area contributed by atoms with Gasteiger partial charge in [-0.1, -0.05) is 26.0 Å². The second-order valence-corrected chi connectivity index (χ2v) is 8.06. The molecule has 2 aromatic rings. The Hall–Kier alpha value is -2.96. The van der Waals surface area contributed by atoms with Crippen molar-refractivity contribution in [2.75, 3.05) is 18.4 Å². The first kappa shape index (κ1) is 21.3. The van der Waals surface area contributed by atoms with Crippen LogP contribution in [-0.2, 0) is 10.0 Å². The van der Waals surface area contributed by atoms with Gasteiger partial charge in [0.25, 0.3) is 5.69 Å². The Morgan fingerprint density at radius 2 is 1.79 bits per heavy atom. The summed E-state index contributed by atoms with van der Waals surface area (Å²) in [5.74, 6) is 0. The summed E-state index contributed by atoms with van der Waals surface area (Å²) in [6.45, 7) is 6.23. The standard InChI is InChI=1S/C19H22N4O4S/c1-4-22(5-2)28(26,27)18-9-6-15(7-10-18)14(3)21-19-11-8-17(23(24)25)12-16(19)13-20/h6-12,14,21H,4-5H2,1-3H3. The molecule has 0 aliphatic rings. The maximum Gasteiger partial charge on any atom is 0.270 e. The van der Waals surface area contributed by atoms with Crippen LogP contribution in [0.1, 0.15) is 37.9 Å². The quantitative estimate of drug-likeness (QED) is 0.532. The summed E-state index contributed by atoms with van der Waals surface area (Å²) < 4.78 is 26.5. The average molecular weight is 402 g/mol. The van der Waals surface area contributed by atoms with Crippen LogP contribution < -0.4 is 5.32 Å². The molecule has 8 nitrogen and oxygen atoms in total. The molecule has 9 heteroatoms. The minimum absolute atomic E-state index is 0.152. The van der Waals surface area contributed by atoms with Crippen LogP contribution in [0.4, 0.5) is 11.4 Å². The van der Waals surface area contributed by atoms with Gasteiger partial charge >= 0.3 is 0 Å². The zero-order valence-corrected chi connectivity index (χ0v) is 16.7. The minimum Gasteiger partial charge on any atom is -0.377 e. The fourth-order valence-electron chi connectivity index (χ4n) is 2.82. The molecule has 148 valence electrons. The van der Waals surface area contributed by atoms with Gasteiger partial charge in [-0.05, 0) is 30.7 Å². The van der Waals surface area contributed by atoms with Crippen molar-refractivity contribution in [3.8, 4) is 6.07 Å². The van der Waals surface area contributed by atoms with Crippen molar-refractivity contribution >= 4 is 21.4 Å². The molecule has 0 heterocycles. The lowest BCUT2D eigenvalue weighted by molar-refractivity contribution is -0.384. The highest BCUT2D eigenvalue weighted by Gasteiger charge is 2.21. The number of rotatable bonds is 8. The summed E-state index contributed by atoms with van der Waals surface area (Å²) in [5, 5.41) is 23.2. The first-order valence-corrected chi connectivity index (χ1v) is 10.2. The predicted octanol–water partition coefficient (Wildman–Crippen LogP) is 3.67. The molecule has 1 unspecified atom stereocenters. The van der Waals surface area contributed by atoms with Gasteiger partial charge < -0.3 is 5.32 Å². The van der Waals surface area contributed by atoms with E-state index in [2.05, 4.69) is 5.32 Å². The van der Waals surface area contributed by atoms with Gasteiger partial charge in [0.2, 0.25) is 10.0 Å². The Morgan fingerprint density at radius 3 is 2.29 bits per heavy atom. The number of nitrogens with one attached hydrogen (secondary N) is 1. The molecule has 28 heavy (non-hydrogen) atoms. The molecule has 0 bridgehead atoms. The molecule has 1 N–H and O–H groups in total. The van der Waals surface area contributed by atoms with Crippen LogP contribution in [0.3, 0.4) is 0 Å². The number of hydrogen-bond acceptors (Lipinski definition) is 6. The number of nitro groups is 1. The van der Waals surface area contributed by atoms with Crippen molar-refractivity contribution in [3.63, 3.8) is 0 Å². The first-order valence-electron chi connectivity index (χ1n) is 8.79. The monoisotopic (exact) mass is 402 g/mol. The van der Waals surface area contributed by atoms with Gasteiger partial charge in [0.15, 0.2) is 0 Å². The summed E-state index contributed by atoms with van der Waals surface area (Å²) in [6, 6.07) is 12.3. The largest absolute Gasteiger partial charge is 0.377 e. The molecular weight excluding hydrogens is 380 g/mol. The fraction of sp³-hybridized carbons (Fsp3) is 0.316. The van der Waals surface area contributed by atoms with E-state index >= 15 is 0 Å². The van der Waals surface area contributed by atoms with Crippen molar-refractivity contribution in [1.82, 2.24) is 4.31 Å². The number of nitriles is 1. The fourth-order valence-corrected chi connectivity index (χ4v) is 4.28. The van der Waals surface area contributed by atoms with Crippen molar-refractivity contribution in [3.05, 3.63) is 63.7 Å². The lowest BCUT2D eigenvalue weighted by Crippen LogP contribution is -2.30. The van der Waals surface area contributed by atoms with E-state index in [1.54, 1.807) is 38.1 Å². The van der Waals surface area contributed by atoms with Gasteiger partial charge in [0, 0.05) is 31.3 Å².